The second-order valence-electron chi connectivity index (χ2n) is 8.05. The molecule has 1 aromatic heterocycles. The van der Waals surface area contributed by atoms with Crippen LogP contribution in [0.5, 0.6) is 0 Å². The molecule has 7 heteroatoms. The molecule has 1 aliphatic heterocycles. The van der Waals surface area contributed by atoms with Crippen LogP contribution in [0.25, 0.3) is 11.4 Å². The summed E-state index contributed by atoms with van der Waals surface area (Å²) in [5.41, 5.74) is 8.30. The number of nitrogens with two attached hydrogens (primary N) is 1. The van der Waals surface area contributed by atoms with Crippen molar-refractivity contribution in [3.05, 3.63) is 71.9 Å². The van der Waals surface area contributed by atoms with Crippen molar-refractivity contribution in [3.63, 3.8) is 0 Å². The van der Waals surface area contributed by atoms with Gasteiger partial charge in [0.1, 0.15) is 11.3 Å². The Bertz CT molecular complexity index is 1150. The van der Waals surface area contributed by atoms with Crippen LogP contribution in [-0.2, 0) is 15.1 Å². The first-order valence-electron chi connectivity index (χ1n) is 10.4. The maximum atomic E-state index is 12.9. The summed E-state index contributed by atoms with van der Waals surface area (Å²) in [6.45, 7) is 0. The summed E-state index contributed by atoms with van der Waals surface area (Å²) < 4.78 is 5.77. The number of nitrogen functional groups attached to an aromatic ring is 1. The molecule has 0 atom stereocenters. The lowest BCUT2D eigenvalue weighted by Crippen LogP contribution is -2.36. The molecule has 0 unspecified atom stereocenters. The quantitative estimate of drug-likeness (QED) is 0.629. The maximum absolute atomic E-state index is 12.9. The van der Waals surface area contributed by atoms with Gasteiger partial charge in [-0.25, -0.2) is 14.8 Å². The summed E-state index contributed by atoms with van der Waals surface area (Å²) in [5.74, 6) is 0.160. The van der Waals surface area contributed by atoms with E-state index < -0.39 is 5.60 Å². The largest absolute Gasteiger partial charge is 0.451 e. The van der Waals surface area contributed by atoms with Crippen LogP contribution in [0.3, 0.4) is 0 Å². The highest BCUT2D eigenvalue weighted by atomic mass is 16.6. The van der Waals surface area contributed by atoms with Gasteiger partial charge in [-0.05, 0) is 31.7 Å². The average molecular weight is 414 g/mol. The molecule has 1 fully saturated rings. The zero-order chi connectivity index (χ0) is 21.4. The standard InChI is InChI=1S/C24H22N4O3/c25-20-19(14-26-21(28-20)15-6-2-1-3-7-15)27-22(29)16-10-12-24(13-11-16)18-9-5-4-8-17(18)23(30)31-24/h1-9,14,16H,10-13H2,(H,27,29)(H2,25,26,28). The lowest BCUT2D eigenvalue weighted by Gasteiger charge is -2.36. The smallest absolute Gasteiger partial charge is 0.339 e. The number of carbonyl (C=O) groups is 2. The number of rotatable bonds is 3. The Kier molecular flexibility index (Phi) is 4.66. The number of carbonyl (C=O) groups excluding carboxylic acids is 2. The first kappa shape index (κ1) is 19.2. The second-order valence-corrected chi connectivity index (χ2v) is 8.05. The molecule has 0 saturated heterocycles. The Hall–Kier alpha value is -3.74. The molecule has 5 rings (SSSR count). The molecule has 0 bridgehead atoms. The van der Waals surface area contributed by atoms with Crippen molar-refractivity contribution < 1.29 is 14.3 Å². The molecule has 3 N–H and O–H groups in total. The number of esters is 1. The zero-order valence-electron chi connectivity index (χ0n) is 16.9. The summed E-state index contributed by atoms with van der Waals surface area (Å²) in [5, 5.41) is 2.87. The third kappa shape index (κ3) is 3.42. The fraction of sp³-hybridized carbons (Fsp3) is 0.250. The summed E-state index contributed by atoms with van der Waals surface area (Å²) in [7, 11) is 0. The van der Waals surface area contributed by atoms with E-state index in [0.29, 0.717) is 42.8 Å². The number of hydrogen-bond donors (Lipinski definition) is 2. The second kappa shape index (κ2) is 7.50. The Balaban J connectivity index is 1.26. The fourth-order valence-corrected chi connectivity index (χ4v) is 4.52. The molecule has 1 amide bonds. The molecule has 7 nitrogen and oxygen atoms in total. The summed E-state index contributed by atoms with van der Waals surface area (Å²) in [6.07, 6.45) is 4.02. The third-order valence-corrected chi connectivity index (χ3v) is 6.20. The van der Waals surface area contributed by atoms with Crippen LogP contribution in [-0.4, -0.2) is 21.8 Å². The highest BCUT2D eigenvalue weighted by Crippen LogP contribution is 2.48. The molecule has 2 heterocycles. The number of nitrogens with one attached hydrogen (secondary N) is 1. The minimum absolute atomic E-state index is 0.116. The van der Waals surface area contributed by atoms with E-state index in [1.54, 1.807) is 12.3 Å². The van der Waals surface area contributed by atoms with Crippen molar-refractivity contribution in [2.75, 3.05) is 11.1 Å². The lowest BCUT2D eigenvalue weighted by molar-refractivity contribution is -0.122. The minimum atomic E-state index is -0.607. The Morgan fingerprint density at radius 3 is 2.52 bits per heavy atom. The van der Waals surface area contributed by atoms with Gasteiger partial charge >= 0.3 is 5.97 Å². The molecule has 31 heavy (non-hydrogen) atoms. The molecular formula is C24H22N4O3. The van der Waals surface area contributed by atoms with Gasteiger partial charge in [-0.2, -0.15) is 0 Å². The van der Waals surface area contributed by atoms with Crippen molar-refractivity contribution >= 4 is 23.4 Å². The molecule has 1 aliphatic carbocycles. The van der Waals surface area contributed by atoms with Crippen LogP contribution in [0, 0.1) is 5.92 Å². The minimum Gasteiger partial charge on any atom is -0.451 e. The van der Waals surface area contributed by atoms with Crippen molar-refractivity contribution in [1.82, 2.24) is 9.97 Å². The van der Waals surface area contributed by atoms with E-state index in [-0.39, 0.29) is 23.6 Å². The molecule has 1 saturated carbocycles. The third-order valence-electron chi connectivity index (χ3n) is 6.20. The van der Waals surface area contributed by atoms with E-state index >= 15 is 0 Å². The number of hydrogen-bond acceptors (Lipinski definition) is 6. The summed E-state index contributed by atoms with van der Waals surface area (Å²) in [4.78, 5) is 33.8. The van der Waals surface area contributed by atoms with Gasteiger partial charge in [0.05, 0.1) is 11.8 Å². The van der Waals surface area contributed by atoms with Gasteiger partial charge in [-0.1, -0.05) is 48.5 Å². The first-order valence-corrected chi connectivity index (χ1v) is 10.4. The number of anilines is 2. The number of ether oxygens (including phenoxy) is 1. The van der Waals surface area contributed by atoms with Gasteiger partial charge in [-0.3, -0.25) is 4.79 Å². The van der Waals surface area contributed by atoms with Crippen LogP contribution >= 0.6 is 0 Å². The van der Waals surface area contributed by atoms with Gasteiger partial charge in [0.15, 0.2) is 11.6 Å². The monoisotopic (exact) mass is 414 g/mol. The van der Waals surface area contributed by atoms with Crippen LogP contribution in [0.1, 0.15) is 41.6 Å². The summed E-state index contributed by atoms with van der Waals surface area (Å²) >= 11 is 0. The molecule has 156 valence electrons. The average Bonchev–Trinajstić information content (AvgIpc) is 3.07. The SMILES string of the molecule is Nc1nc(-c2ccccc2)ncc1NC(=O)C1CCC2(CC1)OC(=O)c1ccccc12. The van der Waals surface area contributed by atoms with E-state index in [0.717, 1.165) is 11.1 Å². The number of amides is 1. The van der Waals surface area contributed by atoms with Gasteiger partial charge in [0, 0.05) is 17.0 Å². The van der Waals surface area contributed by atoms with Crippen LogP contribution in [0.15, 0.2) is 60.8 Å². The van der Waals surface area contributed by atoms with Crippen LogP contribution in [0.4, 0.5) is 11.5 Å². The molecule has 0 radical (unpaired) electrons. The number of fused-ring (bicyclic) bond motifs is 2. The number of aromatic nitrogens is 2. The maximum Gasteiger partial charge on any atom is 0.339 e. The van der Waals surface area contributed by atoms with Crippen LogP contribution < -0.4 is 11.1 Å². The topological polar surface area (TPSA) is 107 Å². The number of nitrogens with zero attached hydrogens (tertiary/aromatic N) is 2. The molecule has 2 aliphatic rings. The van der Waals surface area contributed by atoms with Gasteiger partial charge in [-0.15, -0.1) is 0 Å². The van der Waals surface area contributed by atoms with Crippen molar-refractivity contribution in [1.29, 1.82) is 0 Å². The Labute approximate surface area is 179 Å². The molecule has 2 aromatic carbocycles. The number of benzene rings is 2. The highest BCUT2D eigenvalue weighted by Gasteiger charge is 2.48. The molecule has 1 spiro atoms. The normalized spacial score (nSPS) is 22.1. The van der Waals surface area contributed by atoms with Crippen molar-refractivity contribution in [3.8, 4) is 11.4 Å². The fourth-order valence-electron chi connectivity index (χ4n) is 4.52. The van der Waals surface area contributed by atoms with Crippen molar-refractivity contribution in [2.45, 2.75) is 31.3 Å². The first-order chi connectivity index (χ1) is 15.1. The van der Waals surface area contributed by atoms with Gasteiger partial charge in [0.25, 0.3) is 0 Å². The lowest BCUT2D eigenvalue weighted by atomic mass is 9.74. The molecule has 3 aromatic rings. The van der Waals surface area contributed by atoms with E-state index in [2.05, 4.69) is 15.3 Å². The van der Waals surface area contributed by atoms with Crippen molar-refractivity contribution in [2.24, 2.45) is 5.92 Å². The van der Waals surface area contributed by atoms with E-state index in [9.17, 15) is 9.59 Å². The Morgan fingerprint density at radius 2 is 1.77 bits per heavy atom. The molecular weight excluding hydrogens is 392 g/mol. The van der Waals surface area contributed by atoms with E-state index in [1.807, 2.05) is 48.5 Å². The van der Waals surface area contributed by atoms with Gasteiger partial charge < -0.3 is 15.8 Å². The zero-order valence-corrected chi connectivity index (χ0v) is 16.9. The highest BCUT2D eigenvalue weighted by molar-refractivity contribution is 5.96. The summed E-state index contributed by atoms with van der Waals surface area (Å²) in [6, 6.07) is 17.0. The Morgan fingerprint density at radius 1 is 1.06 bits per heavy atom. The van der Waals surface area contributed by atoms with Gasteiger partial charge in [0.2, 0.25) is 5.91 Å². The van der Waals surface area contributed by atoms with Crippen LogP contribution in [0.2, 0.25) is 0 Å². The predicted molar refractivity (Wildman–Crippen MR) is 116 cm³/mol. The predicted octanol–water partition coefficient (Wildman–Crippen LogP) is 3.92. The van der Waals surface area contributed by atoms with E-state index in [4.69, 9.17) is 10.5 Å². The van der Waals surface area contributed by atoms with E-state index in [1.165, 1.54) is 0 Å².